The zero-order valence-corrected chi connectivity index (χ0v) is 16.5. The molecule has 0 heterocycles. The van der Waals surface area contributed by atoms with Crippen LogP contribution < -0.4 is 15.4 Å². The minimum atomic E-state index is -0.431. The molecule has 0 fully saturated rings. The van der Waals surface area contributed by atoms with E-state index in [0.29, 0.717) is 22.9 Å². The lowest BCUT2D eigenvalue weighted by Crippen LogP contribution is -2.36. The van der Waals surface area contributed by atoms with E-state index in [1.165, 1.54) is 18.2 Å². The Labute approximate surface area is 174 Å². The minimum absolute atomic E-state index is 0.0128. The third-order valence-corrected chi connectivity index (χ3v) is 4.03. The monoisotopic (exact) mass is 407 g/mol. The molecule has 0 bridgehead atoms. The molecule has 2 amide bonds. The second-order valence-electron chi connectivity index (χ2n) is 6.72. The quantitative estimate of drug-likeness (QED) is 0.589. The van der Waals surface area contributed by atoms with Crippen LogP contribution in [-0.2, 0) is 9.59 Å². The Hall–Kier alpha value is -3.71. The molecule has 30 heavy (non-hydrogen) atoms. The number of para-hydroxylation sites is 1. The van der Waals surface area contributed by atoms with Gasteiger partial charge in [-0.05, 0) is 49.5 Å². The highest BCUT2D eigenvalue weighted by molar-refractivity contribution is 5.94. The molecular formula is C23H22FN3O3. The van der Waals surface area contributed by atoms with E-state index in [0.717, 1.165) is 0 Å². The van der Waals surface area contributed by atoms with Crippen molar-refractivity contribution in [2.75, 3.05) is 30.8 Å². The average molecular weight is 407 g/mol. The number of ether oxygens (including phenoxy) is 1. The maximum atomic E-state index is 13.2. The summed E-state index contributed by atoms with van der Waals surface area (Å²) in [5.74, 6) is 0.257. The number of halogens is 1. The van der Waals surface area contributed by atoms with Crippen molar-refractivity contribution in [1.29, 1.82) is 0 Å². The van der Waals surface area contributed by atoms with E-state index in [1.54, 1.807) is 42.3 Å². The fourth-order valence-corrected chi connectivity index (χ4v) is 2.78. The van der Waals surface area contributed by atoms with Crippen LogP contribution in [0.15, 0.2) is 78.9 Å². The number of carbonyl (C=O) groups excluding carboxylic acids is 2. The lowest BCUT2D eigenvalue weighted by atomic mass is 10.3. The molecule has 0 unspecified atom stereocenters. The van der Waals surface area contributed by atoms with Crippen molar-refractivity contribution in [3.8, 4) is 11.5 Å². The number of nitrogens with zero attached hydrogens (tertiary/aromatic N) is 1. The lowest BCUT2D eigenvalue weighted by Gasteiger charge is -2.16. The smallest absolute Gasteiger partial charge is 0.238 e. The van der Waals surface area contributed by atoms with Gasteiger partial charge in [-0.1, -0.05) is 30.3 Å². The van der Waals surface area contributed by atoms with Crippen LogP contribution in [0.5, 0.6) is 11.5 Å². The third-order valence-electron chi connectivity index (χ3n) is 4.03. The third kappa shape index (κ3) is 6.72. The molecule has 154 valence electrons. The van der Waals surface area contributed by atoms with Crippen molar-refractivity contribution in [2.45, 2.75) is 0 Å². The van der Waals surface area contributed by atoms with Gasteiger partial charge >= 0.3 is 0 Å². The summed E-state index contributed by atoms with van der Waals surface area (Å²) in [6, 6.07) is 22.0. The fraction of sp³-hybridized carbons (Fsp3) is 0.130. The maximum Gasteiger partial charge on any atom is 0.238 e. The lowest BCUT2D eigenvalue weighted by molar-refractivity contribution is -0.119. The molecule has 2 N–H and O–H groups in total. The number of nitrogens with one attached hydrogen (secondary N) is 2. The van der Waals surface area contributed by atoms with Gasteiger partial charge in [0, 0.05) is 17.4 Å². The van der Waals surface area contributed by atoms with Crippen molar-refractivity contribution in [2.24, 2.45) is 0 Å². The molecule has 0 aliphatic carbocycles. The van der Waals surface area contributed by atoms with E-state index in [9.17, 15) is 14.0 Å². The largest absolute Gasteiger partial charge is 0.457 e. The Morgan fingerprint density at radius 1 is 0.800 bits per heavy atom. The summed E-state index contributed by atoms with van der Waals surface area (Å²) in [5, 5.41) is 5.39. The summed E-state index contributed by atoms with van der Waals surface area (Å²) >= 11 is 0. The minimum Gasteiger partial charge on any atom is -0.457 e. The average Bonchev–Trinajstić information content (AvgIpc) is 2.68. The SMILES string of the molecule is CN(CC(=O)Nc1cccc(F)c1)CC(=O)Nc1cccc(Oc2ccccc2)c1. The Morgan fingerprint density at radius 2 is 1.37 bits per heavy atom. The predicted molar refractivity (Wildman–Crippen MR) is 114 cm³/mol. The van der Waals surface area contributed by atoms with Crippen LogP contribution in [0.3, 0.4) is 0 Å². The van der Waals surface area contributed by atoms with Gasteiger partial charge in [-0.15, -0.1) is 0 Å². The van der Waals surface area contributed by atoms with Crippen LogP contribution in [0.25, 0.3) is 0 Å². The highest BCUT2D eigenvalue weighted by atomic mass is 19.1. The maximum absolute atomic E-state index is 13.2. The Balaban J connectivity index is 1.48. The zero-order chi connectivity index (χ0) is 21.3. The van der Waals surface area contributed by atoms with E-state index in [-0.39, 0.29) is 24.9 Å². The van der Waals surface area contributed by atoms with Crippen LogP contribution in [0, 0.1) is 5.82 Å². The highest BCUT2D eigenvalue weighted by Crippen LogP contribution is 2.23. The molecule has 3 rings (SSSR count). The Bertz CT molecular complexity index is 1010. The second-order valence-corrected chi connectivity index (χ2v) is 6.72. The number of hydrogen-bond acceptors (Lipinski definition) is 4. The summed E-state index contributed by atoms with van der Waals surface area (Å²) < 4.78 is 18.9. The second kappa shape index (κ2) is 10.2. The van der Waals surface area contributed by atoms with E-state index in [4.69, 9.17) is 4.74 Å². The Kier molecular flexibility index (Phi) is 7.13. The number of carbonyl (C=O) groups is 2. The van der Waals surface area contributed by atoms with Crippen LogP contribution >= 0.6 is 0 Å². The normalized spacial score (nSPS) is 10.5. The summed E-state index contributed by atoms with van der Waals surface area (Å²) in [4.78, 5) is 25.9. The first-order valence-electron chi connectivity index (χ1n) is 9.35. The van der Waals surface area contributed by atoms with Crippen LogP contribution in [0.2, 0.25) is 0 Å². The summed E-state index contributed by atoms with van der Waals surface area (Å²) in [5.41, 5.74) is 0.958. The molecule has 0 aliphatic rings. The first-order valence-corrected chi connectivity index (χ1v) is 9.35. The molecule has 6 nitrogen and oxygen atoms in total. The number of benzene rings is 3. The van der Waals surface area contributed by atoms with Crippen LogP contribution in [0.1, 0.15) is 0 Å². The first kappa shape index (κ1) is 21.0. The molecule has 0 atom stereocenters. The summed E-state index contributed by atoms with van der Waals surface area (Å²) in [6.45, 7) is 0.00142. The van der Waals surface area contributed by atoms with Gasteiger partial charge in [0.15, 0.2) is 0 Å². The van der Waals surface area contributed by atoms with Crippen molar-refractivity contribution in [1.82, 2.24) is 4.90 Å². The number of hydrogen-bond donors (Lipinski definition) is 2. The molecule has 0 radical (unpaired) electrons. The van der Waals surface area contributed by atoms with Gasteiger partial charge in [-0.3, -0.25) is 14.5 Å². The Morgan fingerprint density at radius 3 is 2.00 bits per heavy atom. The van der Waals surface area contributed by atoms with E-state index in [1.807, 2.05) is 30.3 Å². The van der Waals surface area contributed by atoms with Crippen molar-refractivity contribution < 1.29 is 18.7 Å². The molecule has 3 aromatic carbocycles. The standard InChI is InChI=1S/C23H22FN3O3/c1-27(15-22(28)25-18-8-5-7-17(24)13-18)16-23(29)26-19-9-6-12-21(14-19)30-20-10-3-2-4-11-20/h2-14H,15-16H2,1H3,(H,25,28)(H,26,29). The number of rotatable bonds is 8. The van der Waals surface area contributed by atoms with Crippen molar-refractivity contribution in [3.05, 3.63) is 84.7 Å². The summed E-state index contributed by atoms with van der Waals surface area (Å²) in [7, 11) is 1.65. The molecule has 0 saturated heterocycles. The van der Waals surface area contributed by atoms with Gasteiger partial charge in [-0.25, -0.2) is 4.39 Å². The molecular weight excluding hydrogens is 385 g/mol. The van der Waals surface area contributed by atoms with Crippen molar-refractivity contribution in [3.63, 3.8) is 0 Å². The van der Waals surface area contributed by atoms with Gasteiger partial charge in [0.05, 0.1) is 13.1 Å². The van der Waals surface area contributed by atoms with Gasteiger partial charge in [-0.2, -0.15) is 0 Å². The van der Waals surface area contributed by atoms with Gasteiger partial charge in [0.25, 0.3) is 0 Å². The number of anilines is 2. The predicted octanol–water partition coefficient (Wildman–Crippen LogP) is 4.13. The molecule has 0 saturated carbocycles. The van der Waals surface area contributed by atoms with Crippen LogP contribution in [-0.4, -0.2) is 36.9 Å². The van der Waals surface area contributed by atoms with E-state index in [2.05, 4.69) is 10.6 Å². The summed E-state index contributed by atoms with van der Waals surface area (Å²) in [6.07, 6.45) is 0. The van der Waals surface area contributed by atoms with Gasteiger partial charge in [0.1, 0.15) is 17.3 Å². The van der Waals surface area contributed by atoms with E-state index < -0.39 is 5.82 Å². The molecule has 0 aliphatic heterocycles. The first-order chi connectivity index (χ1) is 14.5. The van der Waals surface area contributed by atoms with Gasteiger partial charge in [0.2, 0.25) is 11.8 Å². The van der Waals surface area contributed by atoms with E-state index >= 15 is 0 Å². The molecule has 0 spiro atoms. The van der Waals surface area contributed by atoms with Gasteiger partial charge < -0.3 is 15.4 Å². The van der Waals surface area contributed by atoms with Crippen molar-refractivity contribution >= 4 is 23.2 Å². The number of likely N-dealkylation sites (N-methyl/N-ethyl adjacent to an activating group) is 1. The molecule has 0 aromatic heterocycles. The topological polar surface area (TPSA) is 70.7 Å². The highest BCUT2D eigenvalue weighted by Gasteiger charge is 2.12. The van der Waals surface area contributed by atoms with Crippen LogP contribution in [0.4, 0.5) is 15.8 Å². The fourth-order valence-electron chi connectivity index (χ4n) is 2.78. The molecule has 3 aromatic rings. The zero-order valence-electron chi connectivity index (χ0n) is 16.5. The number of amides is 2. The molecule has 7 heteroatoms.